The van der Waals surface area contributed by atoms with Gasteiger partial charge in [-0.2, -0.15) is 0 Å². The molecule has 1 aromatic heterocycles. The van der Waals surface area contributed by atoms with E-state index in [1.807, 2.05) is 19.2 Å². The third-order valence-corrected chi connectivity index (χ3v) is 2.42. The topological polar surface area (TPSA) is 71.5 Å². The van der Waals surface area contributed by atoms with Gasteiger partial charge in [-0.1, -0.05) is 13.8 Å². The molecule has 5 nitrogen and oxygen atoms in total. The van der Waals surface area contributed by atoms with Crippen LogP contribution in [0.3, 0.4) is 0 Å². The molecule has 0 fully saturated rings. The number of aliphatic hydroxyl groups is 1. The summed E-state index contributed by atoms with van der Waals surface area (Å²) in [5.74, 6) is 0.338. The van der Waals surface area contributed by atoms with Crippen LogP contribution in [0.4, 0.5) is 9.93 Å². The Labute approximate surface area is 92.1 Å². The molecular weight excluding hydrogens is 216 g/mol. The van der Waals surface area contributed by atoms with E-state index < -0.39 is 6.09 Å². The molecule has 1 amide bonds. The Morgan fingerprint density at radius 2 is 2.47 bits per heavy atom. The molecule has 0 radical (unpaired) electrons. The summed E-state index contributed by atoms with van der Waals surface area (Å²) in [7, 11) is 0. The van der Waals surface area contributed by atoms with Gasteiger partial charge in [-0.05, 0) is 5.92 Å². The second kappa shape index (κ2) is 5.67. The lowest BCUT2D eigenvalue weighted by Gasteiger charge is -2.02. The van der Waals surface area contributed by atoms with Gasteiger partial charge in [-0.25, -0.2) is 9.78 Å². The first kappa shape index (κ1) is 11.9. The van der Waals surface area contributed by atoms with Crippen molar-refractivity contribution in [1.82, 2.24) is 4.98 Å². The van der Waals surface area contributed by atoms with Gasteiger partial charge in [-0.3, -0.25) is 5.32 Å². The predicted octanol–water partition coefficient (Wildman–Crippen LogP) is 1.81. The number of rotatable bonds is 4. The van der Waals surface area contributed by atoms with Crippen LogP contribution in [0.15, 0.2) is 5.38 Å². The first-order valence-corrected chi connectivity index (χ1v) is 5.51. The molecule has 2 N–H and O–H groups in total. The van der Waals surface area contributed by atoms with Gasteiger partial charge in [0.1, 0.15) is 6.61 Å². The van der Waals surface area contributed by atoms with Crippen molar-refractivity contribution in [3.8, 4) is 0 Å². The van der Waals surface area contributed by atoms with Crippen molar-refractivity contribution in [2.75, 3.05) is 18.5 Å². The van der Waals surface area contributed by atoms with Crippen molar-refractivity contribution in [3.63, 3.8) is 0 Å². The van der Waals surface area contributed by atoms with Gasteiger partial charge in [0.05, 0.1) is 12.3 Å². The van der Waals surface area contributed by atoms with Crippen LogP contribution in [0.1, 0.15) is 25.5 Å². The van der Waals surface area contributed by atoms with E-state index in [9.17, 15) is 4.79 Å². The van der Waals surface area contributed by atoms with Gasteiger partial charge in [0.15, 0.2) is 5.13 Å². The summed E-state index contributed by atoms with van der Waals surface area (Å²) < 4.78 is 4.63. The SMILES string of the molecule is CC(C)c1csc(NC(=O)OCCO)n1. The second-order valence-corrected chi connectivity index (χ2v) is 4.07. The molecular formula is C9H14N2O3S. The highest BCUT2D eigenvalue weighted by molar-refractivity contribution is 7.13. The Balaban J connectivity index is 2.46. The highest BCUT2D eigenvalue weighted by atomic mass is 32.1. The highest BCUT2D eigenvalue weighted by Gasteiger charge is 2.08. The van der Waals surface area contributed by atoms with E-state index in [0.29, 0.717) is 11.0 Å². The van der Waals surface area contributed by atoms with E-state index in [-0.39, 0.29) is 13.2 Å². The molecule has 1 heterocycles. The summed E-state index contributed by atoms with van der Waals surface area (Å²) in [6.45, 7) is 3.88. The molecule has 6 heteroatoms. The third-order valence-electron chi connectivity index (χ3n) is 1.65. The number of amides is 1. The number of carbonyl (C=O) groups is 1. The number of carbonyl (C=O) groups excluding carboxylic acids is 1. The van der Waals surface area contributed by atoms with Gasteiger partial charge < -0.3 is 9.84 Å². The van der Waals surface area contributed by atoms with E-state index in [1.54, 1.807) is 0 Å². The Morgan fingerprint density at radius 1 is 1.73 bits per heavy atom. The Morgan fingerprint density at radius 3 is 3.00 bits per heavy atom. The van der Waals surface area contributed by atoms with Crippen LogP contribution in [0.2, 0.25) is 0 Å². The average Bonchev–Trinajstić information content (AvgIpc) is 2.63. The molecule has 0 spiro atoms. The maximum atomic E-state index is 11.1. The lowest BCUT2D eigenvalue weighted by molar-refractivity contribution is 0.131. The number of nitrogens with one attached hydrogen (secondary N) is 1. The van der Waals surface area contributed by atoms with Crippen molar-refractivity contribution in [3.05, 3.63) is 11.1 Å². The van der Waals surface area contributed by atoms with Crippen molar-refractivity contribution >= 4 is 22.6 Å². The number of anilines is 1. The van der Waals surface area contributed by atoms with Crippen LogP contribution in [-0.4, -0.2) is 29.4 Å². The van der Waals surface area contributed by atoms with Gasteiger partial charge in [0, 0.05) is 5.38 Å². The smallest absolute Gasteiger partial charge is 0.413 e. The second-order valence-electron chi connectivity index (χ2n) is 3.22. The summed E-state index contributed by atoms with van der Waals surface area (Å²) in [6, 6.07) is 0. The summed E-state index contributed by atoms with van der Waals surface area (Å²) in [5, 5.41) is 13.3. The summed E-state index contributed by atoms with van der Waals surface area (Å²) >= 11 is 1.35. The van der Waals surface area contributed by atoms with Crippen LogP contribution in [0.5, 0.6) is 0 Å². The van der Waals surface area contributed by atoms with Crippen LogP contribution in [0.25, 0.3) is 0 Å². The zero-order valence-electron chi connectivity index (χ0n) is 8.69. The van der Waals surface area contributed by atoms with E-state index in [0.717, 1.165) is 5.69 Å². The van der Waals surface area contributed by atoms with E-state index in [2.05, 4.69) is 15.0 Å². The van der Waals surface area contributed by atoms with Crippen molar-refractivity contribution in [1.29, 1.82) is 0 Å². The molecule has 0 bridgehead atoms. The Hall–Kier alpha value is -1.14. The van der Waals surface area contributed by atoms with Gasteiger partial charge in [0.25, 0.3) is 0 Å². The summed E-state index contributed by atoms with van der Waals surface area (Å²) in [5.41, 5.74) is 0.942. The minimum absolute atomic E-state index is 0.00571. The Bertz CT molecular complexity index is 325. The molecule has 0 unspecified atom stereocenters. The van der Waals surface area contributed by atoms with E-state index in [4.69, 9.17) is 5.11 Å². The fourth-order valence-electron chi connectivity index (χ4n) is 0.870. The fourth-order valence-corrected chi connectivity index (χ4v) is 1.73. The predicted molar refractivity (Wildman–Crippen MR) is 58.3 cm³/mol. The largest absolute Gasteiger partial charge is 0.447 e. The first-order valence-electron chi connectivity index (χ1n) is 4.63. The van der Waals surface area contributed by atoms with Gasteiger partial charge >= 0.3 is 6.09 Å². The number of aromatic nitrogens is 1. The highest BCUT2D eigenvalue weighted by Crippen LogP contribution is 2.21. The number of thiazole rings is 1. The van der Waals surface area contributed by atoms with Crippen LogP contribution >= 0.6 is 11.3 Å². The minimum atomic E-state index is -0.589. The lowest BCUT2D eigenvalue weighted by atomic mass is 10.2. The molecule has 84 valence electrons. The molecule has 15 heavy (non-hydrogen) atoms. The summed E-state index contributed by atoms with van der Waals surface area (Å²) in [4.78, 5) is 15.3. The van der Waals surface area contributed by atoms with E-state index >= 15 is 0 Å². The fraction of sp³-hybridized carbons (Fsp3) is 0.556. The minimum Gasteiger partial charge on any atom is -0.447 e. The van der Waals surface area contributed by atoms with E-state index in [1.165, 1.54) is 11.3 Å². The quantitative estimate of drug-likeness (QED) is 0.827. The monoisotopic (exact) mass is 230 g/mol. The third kappa shape index (κ3) is 3.85. The maximum absolute atomic E-state index is 11.1. The van der Waals surface area contributed by atoms with Crippen LogP contribution in [0, 0.1) is 0 Å². The molecule has 0 atom stereocenters. The number of hydrogen-bond acceptors (Lipinski definition) is 5. The molecule has 1 rings (SSSR count). The van der Waals surface area contributed by atoms with Crippen LogP contribution in [-0.2, 0) is 4.74 Å². The van der Waals surface area contributed by atoms with Gasteiger partial charge in [0.2, 0.25) is 0 Å². The molecule has 1 aromatic rings. The lowest BCUT2D eigenvalue weighted by Crippen LogP contribution is -2.15. The van der Waals surface area contributed by atoms with Crippen molar-refractivity contribution in [2.24, 2.45) is 0 Å². The number of ether oxygens (including phenoxy) is 1. The standard InChI is InChI=1S/C9H14N2O3S/c1-6(2)7-5-15-8(10-7)11-9(13)14-4-3-12/h5-6,12H,3-4H2,1-2H3,(H,10,11,13). The first-order chi connectivity index (χ1) is 7.13. The summed E-state index contributed by atoms with van der Waals surface area (Å²) in [6.07, 6.45) is -0.589. The molecule has 0 aliphatic heterocycles. The normalized spacial score (nSPS) is 10.4. The zero-order valence-corrected chi connectivity index (χ0v) is 9.50. The maximum Gasteiger partial charge on any atom is 0.413 e. The molecule has 0 aromatic carbocycles. The number of nitrogens with zero attached hydrogens (tertiary/aromatic N) is 1. The molecule has 0 saturated heterocycles. The van der Waals surface area contributed by atoms with Crippen molar-refractivity contribution in [2.45, 2.75) is 19.8 Å². The Kier molecular flexibility index (Phi) is 4.51. The van der Waals surface area contributed by atoms with Gasteiger partial charge in [-0.15, -0.1) is 11.3 Å². The number of aliphatic hydroxyl groups excluding tert-OH is 1. The number of hydrogen-bond donors (Lipinski definition) is 2. The van der Waals surface area contributed by atoms with Crippen LogP contribution < -0.4 is 5.32 Å². The molecule has 0 aliphatic carbocycles. The average molecular weight is 230 g/mol. The van der Waals surface area contributed by atoms with Crippen molar-refractivity contribution < 1.29 is 14.6 Å². The molecule has 0 saturated carbocycles. The zero-order chi connectivity index (χ0) is 11.3. The molecule has 0 aliphatic rings.